The number of pyridine rings is 1. The fourth-order valence-electron chi connectivity index (χ4n) is 5.00. The molecule has 3 N–H and O–H groups in total. The molecule has 0 bridgehead atoms. The summed E-state index contributed by atoms with van der Waals surface area (Å²) in [5, 5.41) is 5.21. The number of nitrogen functional groups attached to an aromatic ring is 1. The molecular weight excluding hydrogens is 581 g/mol. The van der Waals surface area contributed by atoms with Crippen LogP contribution in [-0.2, 0) is 17.1 Å². The van der Waals surface area contributed by atoms with Gasteiger partial charge in [-0.05, 0) is 69.7 Å². The number of ether oxygens (including phenoxy) is 1. The Kier molecular flexibility index (Phi) is 8.52. The van der Waals surface area contributed by atoms with E-state index in [4.69, 9.17) is 10.5 Å². The number of anilines is 2. The number of aromatic nitrogens is 3. The number of fused-ring (bicyclic) bond motifs is 1. The number of benzene rings is 2. The van der Waals surface area contributed by atoms with Gasteiger partial charge in [0.1, 0.15) is 29.2 Å². The minimum atomic E-state index is -5.00. The molecule has 43 heavy (non-hydrogen) atoms. The summed E-state index contributed by atoms with van der Waals surface area (Å²) in [5.74, 6) is 2.98. The zero-order valence-electron chi connectivity index (χ0n) is 23.8. The molecule has 0 spiro atoms. The van der Waals surface area contributed by atoms with E-state index in [1.165, 1.54) is 42.5 Å². The number of alkyl halides is 2. The van der Waals surface area contributed by atoms with E-state index in [9.17, 15) is 21.6 Å². The SMILES string of the molecule is CC(Oc1cc(-c2nn(C)c3c(C#CC4CCN(C)CC4)cnc(N)c23)ccc1NS(=O)(=O)C(F)F)c1ccc(F)cc1. The van der Waals surface area contributed by atoms with Gasteiger partial charge in [-0.3, -0.25) is 9.40 Å². The minimum Gasteiger partial charge on any atom is -0.484 e. The van der Waals surface area contributed by atoms with Crippen LogP contribution in [0.3, 0.4) is 0 Å². The number of rotatable bonds is 7. The molecule has 0 saturated carbocycles. The smallest absolute Gasteiger partial charge is 0.355 e. The molecule has 1 aliphatic rings. The molecule has 0 amide bonds. The topological polar surface area (TPSA) is 115 Å². The summed E-state index contributed by atoms with van der Waals surface area (Å²) >= 11 is 0. The van der Waals surface area contributed by atoms with Gasteiger partial charge in [-0.2, -0.15) is 13.9 Å². The lowest BCUT2D eigenvalue weighted by Crippen LogP contribution is -2.29. The molecule has 3 heterocycles. The quantitative estimate of drug-likeness (QED) is 0.277. The molecule has 1 fully saturated rings. The van der Waals surface area contributed by atoms with Crippen molar-refractivity contribution in [3.05, 3.63) is 65.6 Å². The number of halogens is 3. The van der Waals surface area contributed by atoms with Crippen molar-refractivity contribution in [3.8, 4) is 28.8 Å². The highest BCUT2D eigenvalue weighted by Gasteiger charge is 2.27. The summed E-state index contributed by atoms with van der Waals surface area (Å²) in [6, 6.07) is 9.87. The van der Waals surface area contributed by atoms with Crippen LogP contribution in [-0.4, -0.2) is 54.0 Å². The Balaban J connectivity index is 1.57. The third kappa shape index (κ3) is 6.55. The predicted octanol–water partition coefficient (Wildman–Crippen LogP) is 5.15. The molecule has 2 aromatic carbocycles. The predicted molar refractivity (Wildman–Crippen MR) is 159 cm³/mol. The second kappa shape index (κ2) is 12.1. The summed E-state index contributed by atoms with van der Waals surface area (Å²) in [4.78, 5) is 6.64. The second-order valence-corrected chi connectivity index (χ2v) is 12.2. The highest BCUT2D eigenvalue weighted by Crippen LogP contribution is 2.38. The number of nitrogens with two attached hydrogens (primary N) is 1. The van der Waals surface area contributed by atoms with Crippen molar-refractivity contribution < 1.29 is 26.3 Å². The molecule has 4 aromatic rings. The Morgan fingerprint density at radius 2 is 1.81 bits per heavy atom. The van der Waals surface area contributed by atoms with Crippen LogP contribution in [0.4, 0.5) is 24.7 Å². The number of piperidine rings is 1. The first-order chi connectivity index (χ1) is 20.4. The van der Waals surface area contributed by atoms with E-state index in [-0.39, 0.29) is 23.2 Å². The third-order valence-electron chi connectivity index (χ3n) is 7.41. The Morgan fingerprint density at radius 3 is 2.49 bits per heavy atom. The Labute approximate surface area is 247 Å². The van der Waals surface area contributed by atoms with Gasteiger partial charge in [-0.15, -0.1) is 0 Å². The van der Waals surface area contributed by atoms with Crippen LogP contribution in [0.15, 0.2) is 48.7 Å². The van der Waals surface area contributed by atoms with Gasteiger partial charge in [0.05, 0.1) is 22.2 Å². The van der Waals surface area contributed by atoms with Crippen LogP contribution in [0.1, 0.15) is 37.0 Å². The first-order valence-electron chi connectivity index (χ1n) is 13.6. The maximum atomic E-state index is 13.5. The van der Waals surface area contributed by atoms with Gasteiger partial charge in [0.25, 0.3) is 10.0 Å². The van der Waals surface area contributed by atoms with Crippen molar-refractivity contribution in [3.63, 3.8) is 0 Å². The largest absolute Gasteiger partial charge is 0.484 e. The summed E-state index contributed by atoms with van der Waals surface area (Å²) < 4.78 is 73.6. The fraction of sp³-hybridized carbons (Fsp3) is 0.333. The van der Waals surface area contributed by atoms with Gasteiger partial charge in [-0.25, -0.2) is 17.8 Å². The van der Waals surface area contributed by atoms with Crippen molar-refractivity contribution in [2.75, 3.05) is 30.6 Å². The number of nitrogens with one attached hydrogen (secondary N) is 1. The van der Waals surface area contributed by atoms with Gasteiger partial charge in [0, 0.05) is 24.7 Å². The van der Waals surface area contributed by atoms with E-state index in [2.05, 4.69) is 33.9 Å². The van der Waals surface area contributed by atoms with E-state index in [0.29, 0.717) is 33.3 Å². The molecular formula is C30H31F3N6O3S. The average Bonchev–Trinajstić information content (AvgIpc) is 3.32. The maximum absolute atomic E-state index is 13.5. The molecule has 0 radical (unpaired) electrons. The lowest BCUT2D eigenvalue weighted by Gasteiger charge is -2.25. The van der Waals surface area contributed by atoms with Gasteiger partial charge < -0.3 is 15.4 Å². The number of likely N-dealkylation sites (tertiary alicyclic amines) is 1. The number of nitrogens with zero attached hydrogens (tertiary/aromatic N) is 4. The highest BCUT2D eigenvalue weighted by molar-refractivity contribution is 7.93. The first-order valence-corrected chi connectivity index (χ1v) is 15.1. The van der Waals surface area contributed by atoms with Crippen molar-refractivity contribution in [1.82, 2.24) is 19.7 Å². The average molecular weight is 613 g/mol. The second-order valence-electron chi connectivity index (χ2n) is 10.5. The van der Waals surface area contributed by atoms with Crippen molar-refractivity contribution in [2.24, 2.45) is 13.0 Å². The van der Waals surface area contributed by atoms with Crippen LogP contribution >= 0.6 is 0 Å². The Bertz CT molecular complexity index is 1810. The summed E-state index contributed by atoms with van der Waals surface area (Å²) in [6.07, 6.45) is 2.88. The van der Waals surface area contributed by atoms with Gasteiger partial charge >= 0.3 is 5.76 Å². The van der Waals surface area contributed by atoms with Crippen LogP contribution in [0.25, 0.3) is 22.2 Å². The van der Waals surface area contributed by atoms with Gasteiger partial charge in [0.15, 0.2) is 0 Å². The molecule has 5 rings (SSSR count). The number of aryl methyl sites for hydroxylation is 1. The third-order valence-corrected chi connectivity index (χ3v) is 8.38. The van der Waals surface area contributed by atoms with Crippen LogP contribution < -0.4 is 15.2 Å². The fourth-order valence-corrected chi connectivity index (χ4v) is 5.57. The van der Waals surface area contributed by atoms with Crippen molar-refractivity contribution in [2.45, 2.75) is 31.6 Å². The molecule has 226 valence electrons. The molecule has 1 unspecified atom stereocenters. The maximum Gasteiger partial charge on any atom is 0.355 e. The molecule has 13 heteroatoms. The van der Waals surface area contributed by atoms with Crippen molar-refractivity contribution in [1.29, 1.82) is 0 Å². The number of hydrogen-bond donors (Lipinski definition) is 2. The molecule has 1 aliphatic heterocycles. The molecule has 2 aromatic heterocycles. The lowest BCUT2D eigenvalue weighted by atomic mass is 9.97. The molecule has 1 saturated heterocycles. The highest BCUT2D eigenvalue weighted by atomic mass is 32.2. The Morgan fingerprint density at radius 1 is 1.12 bits per heavy atom. The van der Waals surface area contributed by atoms with E-state index in [1.807, 2.05) is 4.72 Å². The van der Waals surface area contributed by atoms with E-state index in [1.54, 1.807) is 24.9 Å². The van der Waals surface area contributed by atoms with Crippen LogP contribution in [0.5, 0.6) is 5.75 Å². The Hall–Kier alpha value is -4.28. The monoisotopic (exact) mass is 612 g/mol. The zero-order chi connectivity index (χ0) is 30.9. The lowest BCUT2D eigenvalue weighted by molar-refractivity contribution is 0.228. The summed E-state index contributed by atoms with van der Waals surface area (Å²) in [5.41, 5.74) is 8.94. The van der Waals surface area contributed by atoms with E-state index < -0.39 is 27.7 Å². The number of hydrogen-bond acceptors (Lipinski definition) is 7. The standard InChI is InChI=1S/C30H31F3N6O3S/c1-18(20-6-9-23(31)10-7-20)42-25-16-21(8-11-24(25)37-43(40,41)30(32)33)27-26-28(39(3)36-27)22(17-35-29(26)34)5-4-19-12-14-38(2)15-13-19/h6-11,16-19,30,37H,12-15H2,1-3H3,(H2,34,35). The van der Waals surface area contributed by atoms with Crippen LogP contribution in [0, 0.1) is 23.6 Å². The summed E-state index contributed by atoms with van der Waals surface area (Å²) in [6.45, 7) is 3.63. The van der Waals surface area contributed by atoms with E-state index >= 15 is 0 Å². The minimum absolute atomic E-state index is 0.0397. The molecule has 1 atom stereocenters. The number of sulfonamides is 1. The van der Waals surface area contributed by atoms with Gasteiger partial charge in [-0.1, -0.05) is 30.0 Å². The van der Waals surface area contributed by atoms with E-state index in [0.717, 1.165) is 25.9 Å². The molecule has 9 nitrogen and oxygen atoms in total. The van der Waals surface area contributed by atoms with Crippen molar-refractivity contribution >= 4 is 32.4 Å². The van der Waals surface area contributed by atoms with Gasteiger partial charge in [0.2, 0.25) is 0 Å². The first kappa shape index (κ1) is 30.2. The molecule has 0 aliphatic carbocycles. The van der Waals surface area contributed by atoms with Crippen LogP contribution in [0.2, 0.25) is 0 Å². The zero-order valence-corrected chi connectivity index (χ0v) is 24.6. The summed E-state index contributed by atoms with van der Waals surface area (Å²) in [7, 11) is -1.15. The normalized spacial score (nSPS) is 15.3.